The van der Waals surface area contributed by atoms with Gasteiger partial charge in [0.2, 0.25) is 0 Å². The van der Waals surface area contributed by atoms with E-state index >= 15 is 0 Å². The van der Waals surface area contributed by atoms with Gasteiger partial charge in [0.25, 0.3) is 10.1 Å². The van der Waals surface area contributed by atoms with Crippen LogP contribution in [0.2, 0.25) is 0 Å². The summed E-state index contributed by atoms with van der Waals surface area (Å²) in [5, 5.41) is 12.6. The van der Waals surface area contributed by atoms with Gasteiger partial charge in [0.15, 0.2) is 0 Å². The Labute approximate surface area is 186 Å². The van der Waals surface area contributed by atoms with Crippen LogP contribution >= 0.6 is 0 Å². The molecule has 170 valence electrons. The van der Waals surface area contributed by atoms with Crippen LogP contribution in [0.15, 0.2) is 60.7 Å². The molecular formula is C24H34N2O4S. The van der Waals surface area contributed by atoms with Gasteiger partial charge in [-0.2, -0.15) is 8.42 Å². The molecule has 2 saturated heterocycles. The predicted molar refractivity (Wildman–Crippen MR) is 123 cm³/mol. The zero-order valence-electron chi connectivity index (χ0n) is 18.2. The SMILES string of the molecule is CS(=O)(=O)OC(Cc1ccccc1)C1CCNC1.OC1CCN(Cc2ccccc2)C1. The summed E-state index contributed by atoms with van der Waals surface area (Å²) >= 11 is 0. The fourth-order valence-corrected chi connectivity index (χ4v) is 4.82. The molecule has 2 fully saturated rings. The molecule has 0 saturated carbocycles. The van der Waals surface area contributed by atoms with Crippen molar-refractivity contribution in [3.63, 3.8) is 0 Å². The van der Waals surface area contributed by atoms with Crippen LogP contribution in [-0.4, -0.2) is 63.1 Å². The molecule has 0 spiro atoms. The summed E-state index contributed by atoms with van der Waals surface area (Å²) in [5.41, 5.74) is 2.44. The maximum Gasteiger partial charge on any atom is 0.264 e. The van der Waals surface area contributed by atoms with Gasteiger partial charge in [-0.05, 0) is 30.5 Å². The maximum absolute atomic E-state index is 11.3. The van der Waals surface area contributed by atoms with Crippen molar-refractivity contribution in [3.05, 3.63) is 71.8 Å². The van der Waals surface area contributed by atoms with Crippen molar-refractivity contribution in [2.75, 3.05) is 32.4 Å². The molecule has 0 amide bonds. The first-order valence-electron chi connectivity index (χ1n) is 11.0. The first-order chi connectivity index (χ1) is 14.9. The van der Waals surface area contributed by atoms with Crippen molar-refractivity contribution in [2.45, 2.75) is 38.0 Å². The van der Waals surface area contributed by atoms with E-state index in [4.69, 9.17) is 4.18 Å². The molecule has 2 aliphatic heterocycles. The molecule has 4 rings (SSSR count). The van der Waals surface area contributed by atoms with Crippen LogP contribution in [0.1, 0.15) is 24.0 Å². The first kappa shape index (κ1) is 23.9. The Balaban J connectivity index is 0.000000185. The van der Waals surface area contributed by atoms with Crippen molar-refractivity contribution in [2.24, 2.45) is 5.92 Å². The number of hydrogen-bond acceptors (Lipinski definition) is 6. The van der Waals surface area contributed by atoms with E-state index in [0.29, 0.717) is 6.42 Å². The van der Waals surface area contributed by atoms with E-state index in [1.807, 2.05) is 36.4 Å². The maximum atomic E-state index is 11.3. The van der Waals surface area contributed by atoms with Gasteiger partial charge in [0.1, 0.15) is 0 Å². The van der Waals surface area contributed by atoms with Gasteiger partial charge in [-0.25, -0.2) is 0 Å². The lowest BCUT2D eigenvalue weighted by Crippen LogP contribution is -2.30. The Bertz CT molecular complexity index is 871. The number of aliphatic hydroxyl groups is 1. The topological polar surface area (TPSA) is 78.9 Å². The van der Waals surface area contributed by atoms with E-state index in [1.54, 1.807) is 0 Å². The minimum Gasteiger partial charge on any atom is -0.392 e. The molecule has 7 heteroatoms. The zero-order chi connectivity index (χ0) is 22.1. The van der Waals surface area contributed by atoms with E-state index in [2.05, 4.69) is 34.5 Å². The molecule has 3 atom stereocenters. The molecule has 6 nitrogen and oxygen atoms in total. The van der Waals surface area contributed by atoms with Gasteiger partial charge in [-0.3, -0.25) is 9.08 Å². The smallest absolute Gasteiger partial charge is 0.264 e. The number of nitrogens with zero attached hydrogens (tertiary/aromatic N) is 1. The van der Waals surface area contributed by atoms with E-state index < -0.39 is 10.1 Å². The summed E-state index contributed by atoms with van der Waals surface area (Å²) in [6.45, 7) is 4.58. The molecule has 0 bridgehead atoms. The number of hydrogen-bond donors (Lipinski definition) is 2. The molecule has 0 aliphatic carbocycles. The van der Waals surface area contributed by atoms with Gasteiger partial charge < -0.3 is 10.4 Å². The monoisotopic (exact) mass is 446 g/mol. The molecule has 0 aromatic heterocycles. The van der Waals surface area contributed by atoms with Gasteiger partial charge >= 0.3 is 0 Å². The number of likely N-dealkylation sites (tertiary alicyclic amines) is 1. The van der Waals surface area contributed by atoms with Crippen LogP contribution in [0.25, 0.3) is 0 Å². The lowest BCUT2D eigenvalue weighted by Gasteiger charge is -2.22. The van der Waals surface area contributed by atoms with Crippen LogP contribution < -0.4 is 5.32 Å². The molecular weight excluding hydrogens is 412 g/mol. The quantitative estimate of drug-likeness (QED) is 0.636. The van der Waals surface area contributed by atoms with Crippen molar-refractivity contribution in [1.29, 1.82) is 0 Å². The first-order valence-corrected chi connectivity index (χ1v) is 12.8. The second-order valence-corrected chi connectivity index (χ2v) is 10.0. The molecule has 2 aromatic carbocycles. The van der Waals surface area contributed by atoms with Gasteiger partial charge in [0.05, 0.1) is 18.5 Å². The van der Waals surface area contributed by atoms with Crippen LogP contribution in [0, 0.1) is 5.92 Å². The summed E-state index contributed by atoms with van der Waals surface area (Å²) in [5.74, 6) is 0.264. The summed E-state index contributed by atoms with van der Waals surface area (Å²) in [7, 11) is -3.41. The third-order valence-corrected chi connectivity index (χ3v) is 6.30. The highest BCUT2D eigenvalue weighted by atomic mass is 32.2. The molecule has 2 aromatic rings. The molecule has 3 unspecified atom stereocenters. The minimum atomic E-state index is -3.41. The molecule has 31 heavy (non-hydrogen) atoms. The predicted octanol–water partition coefficient (Wildman–Crippen LogP) is 2.44. The summed E-state index contributed by atoms with van der Waals surface area (Å²) in [6, 6.07) is 20.3. The van der Waals surface area contributed by atoms with Crippen molar-refractivity contribution in [3.8, 4) is 0 Å². The van der Waals surface area contributed by atoms with Crippen molar-refractivity contribution in [1.82, 2.24) is 10.2 Å². The van der Waals surface area contributed by atoms with E-state index in [1.165, 1.54) is 5.56 Å². The Morgan fingerprint density at radius 2 is 1.71 bits per heavy atom. The average Bonchev–Trinajstić information content (AvgIpc) is 3.41. The van der Waals surface area contributed by atoms with Crippen LogP contribution in [0.4, 0.5) is 0 Å². The van der Waals surface area contributed by atoms with Crippen LogP contribution in [0.5, 0.6) is 0 Å². The Morgan fingerprint density at radius 3 is 2.23 bits per heavy atom. The Hall–Kier alpha value is -1.77. The van der Waals surface area contributed by atoms with Crippen molar-refractivity contribution < 1.29 is 17.7 Å². The third-order valence-electron chi connectivity index (χ3n) is 5.70. The second-order valence-electron chi connectivity index (χ2n) is 8.44. The summed E-state index contributed by atoms with van der Waals surface area (Å²) < 4.78 is 27.9. The lowest BCUT2D eigenvalue weighted by molar-refractivity contribution is 0.151. The highest BCUT2D eigenvalue weighted by Crippen LogP contribution is 2.21. The molecule has 2 N–H and O–H groups in total. The number of nitrogens with one attached hydrogen (secondary N) is 1. The molecule has 2 heterocycles. The van der Waals surface area contributed by atoms with Crippen LogP contribution in [0.3, 0.4) is 0 Å². The normalized spacial score (nSPS) is 22.6. The highest BCUT2D eigenvalue weighted by molar-refractivity contribution is 7.86. The number of benzene rings is 2. The van der Waals surface area contributed by atoms with Gasteiger partial charge in [-0.15, -0.1) is 0 Å². The standard InChI is InChI=1S/C13H19NO3S.C11H15NO/c1-18(15,16)17-13(12-7-8-14-10-12)9-11-5-3-2-4-6-11;13-11-6-7-12(9-11)8-10-4-2-1-3-5-10/h2-6,12-14H,7-10H2,1H3;1-5,11,13H,6-9H2. The minimum absolute atomic E-state index is 0.108. The third kappa shape index (κ3) is 8.71. The Morgan fingerprint density at radius 1 is 1.06 bits per heavy atom. The van der Waals surface area contributed by atoms with E-state index in [9.17, 15) is 13.5 Å². The lowest BCUT2D eigenvalue weighted by atomic mass is 9.95. The van der Waals surface area contributed by atoms with Gasteiger partial charge in [0, 0.05) is 38.5 Å². The zero-order valence-corrected chi connectivity index (χ0v) is 19.0. The summed E-state index contributed by atoms with van der Waals surface area (Å²) in [6.07, 6.45) is 3.27. The average molecular weight is 447 g/mol. The van der Waals surface area contributed by atoms with Gasteiger partial charge in [-0.1, -0.05) is 60.7 Å². The second kappa shape index (κ2) is 11.7. The van der Waals surface area contributed by atoms with Crippen molar-refractivity contribution >= 4 is 10.1 Å². The van der Waals surface area contributed by atoms with Crippen LogP contribution in [-0.2, 0) is 27.3 Å². The van der Waals surface area contributed by atoms with E-state index in [0.717, 1.165) is 57.4 Å². The van der Waals surface area contributed by atoms with E-state index in [-0.39, 0.29) is 18.1 Å². The largest absolute Gasteiger partial charge is 0.392 e. The molecule has 0 radical (unpaired) electrons. The fraction of sp³-hybridized carbons (Fsp3) is 0.500. The molecule has 2 aliphatic rings. The fourth-order valence-electron chi connectivity index (χ4n) is 4.14. The number of aliphatic hydroxyl groups excluding tert-OH is 1. The Kier molecular flexibility index (Phi) is 9.04. The highest BCUT2D eigenvalue weighted by Gasteiger charge is 2.28. The number of rotatable bonds is 7. The summed E-state index contributed by atoms with van der Waals surface area (Å²) in [4.78, 5) is 2.29. The number of β-amino-alcohol motifs (C(OH)–C–C–N with tert-alkyl or cyclic N) is 1.